The van der Waals surface area contributed by atoms with E-state index in [1.54, 1.807) is 12.1 Å². The summed E-state index contributed by atoms with van der Waals surface area (Å²) in [5.41, 5.74) is 1.06. The fourth-order valence-electron chi connectivity index (χ4n) is 1.56. The van der Waals surface area contributed by atoms with E-state index >= 15 is 0 Å². The molecule has 0 aliphatic rings. The highest BCUT2D eigenvalue weighted by atomic mass is 79.9. The van der Waals surface area contributed by atoms with E-state index in [0.717, 1.165) is 10.2 Å². The first kappa shape index (κ1) is 16.2. The van der Waals surface area contributed by atoms with Crippen LogP contribution in [0.3, 0.4) is 0 Å². The van der Waals surface area contributed by atoms with Gasteiger partial charge in [0.25, 0.3) is 5.91 Å². The lowest BCUT2D eigenvalue weighted by Gasteiger charge is -2.11. The zero-order valence-corrected chi connectivity index (χ0v) is 14.4. The van der Waals surface area contributed by atoms with Crippen LogP contribution in [0.5, 0.6) is 0 Å². The minimum Gasteiger partial charge on any atom is -0.331 e. The lowest BCUT2D eigenvalue weighted by molar-refractivity contribution is 0.0978. The molecule has 0 spiro atoms. The van der Waals surface area contributed by atoms with E-state index < -0.39 is 5.91 Å². The highest BCUT2D eigenvalue weighted by Crippen LogP contribution is 2.22. The molecule has 7 heteroatoms. The van der Waals surface area contributed by atoms with Gasteiger partial charge in [-0.05, 0) is 58.5 Å². The molecule has 0 fully saturated rings. The first-order valence-electron chi connectivity index (χ1n) is 5.79. The van der Waals surface area contributed by atoms with E-state index in [9.17, 15) is 4.79 Å². The number of carbonyl (C=O) groups is 1. The molecule has 0 heterocycles. The van der Waals surface area contributed by atoms with Crippen molar-refractivity contribution in [2.24, 2.45) is 0 Å². The topological polar surface area (TPSA) is 41.1 Å². The van der Waals surface area contributed by atoms with Gasteiger partial charge in [-0.25, -0.2) is 0 Å². The maximum atomic E-state index is 12.1. The van der Waals surface area contributed by atoms with E-state index in [4.69, 9.17) is 35.4 Å². The van der Waals surface area contributed by atoms with E-state index in [0.29, 0.717) is 10.6 Å². The van der Waals surface area contributed by atoms with Gasteiger partial charge in [0.1, 0.15) is 0 Å². The standard InChI is InChI=1S/C14H9BrCl2N2OS/c15-10-3-1-2-4-12(10)18-14(21)19-13(20)9-6-5-8(16)7-11(9)17/h1-7H,(H2,18,19,20,21). The van der Waals surface area contributed by atoms with E-state index in [1.807, 2.05) is 24.3 Å². The molecule has 2 rings (SSSR count). The summed E-state index contributed by atoms with van der Waals surface area (Å²) in [5.74, 6) is -0.402. The molecule has 0 aliphatic carbocycles. The van der Waals surface area contributed by atoms with E-state index in [1.165, 1.54) is 6.07 Å². The largest absolute Gasteiger partial charge is 0.331 e. The number of nitrogens with one attached hydrogen (secondary N) is 2. The Morgan fingerprint density at radius 2 is 1.86 bits per heavy atom. The number of hydrogen-bond donors (Lipinski definition) is 2. The second-order valence-corrected chi connectivity index (χ2v) is 6.12. The van der Waals surface area contributed by atoms with Crippen LogP contribution in [0.4, 0.5) is 5.69 Å². The van der Waals surface area contributed by atoms with Crippen LogP contribution in [0, 0.1) is 0 Å². The van der Waals surface area contributed by atoms with Gasteiger partial charge in [0.2, 0.25) is 0 Å². The van der Waals surface area contributed by atoms with Gasteiger partial charge in [0, 0.05) is 9.50 Å². The first-order valence-corrected chi connectivity index (χ1v) is 7.75. The molecule has 3 nitrogen and oxygen atoms in total. The predicted octanol–water partition coefficient (Wildman–Crippen LogP) is 4.88. The van der Waals surface area contributed by atoms with Crippen LogP contribution in [0.25, 0.3) is 0 Å². The smallest absolute Gasteiger partial charge is 0.258 e. The van der Waals surface area contributed by atoms with Crippen LogP contribution in [0.2, 0.25) is 10.0 Å². The lowest BCUT2D eigenvalue weighted by Crippen LogP contribution is -2.34. The quantitative estimate of drug-likeness (QED) is 0.702. The van der Waals surface area contributed by atoms with Gasteiger partial charge >= 0.3 is 0 Å². The fraction of sp³-hybridized carbons (Fsp3) is 0. The summed E-state index contributed by atoms with van der Waals surface area (Å²) in [7, 11) is 0. The lowest BCUT2D eigenvalue weighted by atomic mass is 10.2. The van der Waals surface area contributed by atoms with E-state index in [2.05, 4.69) is 26.6 Å². The van der Waals surface area contributed by atoms with Gasteiger partial charge in [-0.2, -0.15) is 0 Å². The van der Waals surface area contributed by atoms with Crippen molar-refractivity contribution in [3.63, 3.8) is 0 Å². The summed E-state index contributed by atoms with van der Waals surface area (Å²) in [6, 6.07) is 12.1. The number of benzene rings is 2. The Labute approximate surface area is 145 Å². The Hall–Kier alpha value is -1.14. The number of thiocarbonyl (C=S) groups is 1. The molecule has 0 bridgehead atoms. The van der Waals surface area contributed by atoms with E-state index in [-0.39, 0.29) is 10.1 Å². The Bertz CT molecular complexity index is 709. The summed E-state index contributed by atoms with van der Waals surface area (Å²) < 4.78 is 0.839. The summed E-state index contributed by atoms with van der Waals surface area (Å²) in [6.07, 6.45) is 0. The number of halogens is 3. The first-order chi connectivity index (χ1) is 9.97. The highest BCUT2D eigenvalue weighted by molar-refractivity contribution is 9.10. The third-order valence-corrected chi connectivity index (χ3v) is 3.97. The molecule has 0 saturated heterocycles. The SMILES string of the molecule is O=C(NC(=S)Nc1ccccc1Br)c1ccc(Cl)cc1Cl. The van der Waals surface area contributed by atoms with Gasteiger partial charge in [-0.15, -0.1) is 0 Å². The summed E-state index contributed by atoms with van der Waals surface area (Å²) in [6.45, 7) is 0. The molecule has 0 aromatic heterocycles. The molecule has 2 aromatic carbocycles. The third kappa shape index (κ3) is 4.41. The zero-order chi connectivity index (χ0) is 15.4. The average molecular weight is 404 g/mol. The number of hydrogen-bond acceptors (Lipinski definition) is 2. The van der Waals surface area contributed by atoms with Crippen molar-refractivity contribution in [3.05, 3.63) is 62.5 Å². The summed E-state index contributed by atoms with van der Waals surface area (Å²) in [5, 5.41) is 6.40. The molecule has 2 N–H and O–H groups in total. The molecule has 0 radical (unpaired) electrons. The van der Waals surface area contributed by atoms with Gasteiger partial charge < -0.3 is 5.32 Å². The second-order valence-electron chi connectivity index (χ2n) is 4.01. The number of anilines is 1. The van der Waals surface area contributed by atoms with Crippen LogP contribution < -0.4 is 10.6 Å². The van der Waals surface area contributed by atoms with Crippen LogP contribution in [-0.4, -0.2) is 11.0 Å². The van der Waals surface area contributed by atoms with Crippen molar-refractivity contribution in [1.82, 2.24) is 5.32 Å². The van der Waals surface area contributed by atoms with Crippen molar-refractivity contribution in [1.29, 1.82) is 0 Å². The van der Waals surface area contributed by atoms with Crippen LogP contribution in [-0.2, 0) is 0 Å². The van der Waals surface area contributed by atoms with Crippen LogP contribution in [0.15, 0.2) is 46.9 Å². The number of para-hydroxylation sites is 1. The van der Waals surface area contributed by atoms with Crippen molar-refractivity contribution >= 4 is 68.1 Å². The molecular weight excluding hydrogens is 395 g/mol. The van der Waals surface area contributed by atoms with Crippen LogP contribution in [0.1, 0.15) is 10.4 Å². The number of carbonyl (C=O) groups excluding carboxylic acids is 1. The minimum atomic E-state index is -0.402. The highest BCUT2D eigenvalue weighted by Gasteiger charge is 2.12. The summed E-state index contributed by atoms with van der Waals surface area (Å²) in [4.78, 5) is 12.1. The van der Waals surface area contributed by atoms with Gasteiger partial charge in [-0.3, -0.25) is 10.1 Å². The Morgan fingerprint density at radius 3 is 2.52 bits per heavy atom. The number of rotatable bonds is 2. The Kier molecular flexibility index (Phi) is 5.58. The predicted molar refractivity (Wildman–Crippen MR) is 94.3 cm³/mol. The molecule has 108 valence electrons. The average Bonchev–Trinajstić information content (AvgIpc) is 2.41. The van der Waals surface area contributed by atoms with Crippen molar-refractivity contribution in [2.45, 2.75) is 0 Å². The van der Waals surface area contributed by atoms with Gasteiger partial charge in [0.05, 0.1) is 16.3 Å². The second kappa shape index (κ2) is 7.22. The molecule has 21 heavy (non-hydrogen) atoms. The minimum absolute atomic E-state index is 0.179. The fourth-order valence-corrected chi connectivity index (χ4v) is 2.64. The molecular formula is C14H9BrCl2N2OS. The summed E-state index contributed by atoms with van der Waals surface area (Å²) >= 11 is 20.3. The molecule has 2 aromatic rings. The molecule has 0 saturated carbocycles. The maximum Gasteiger partial charge on any atom is 0.258 e. The third-order valence-electron chi connectivity index (χ3n) is 2.52. The number of amides is 1. The molecule has 0 aliphatic heterocycles. The van der Waals surface area contributed by atoms with Gasteiger partial charge in [-0.1, -0.05) is 35.3 Å². The van der Waals surface area contributed by atoms with Crippen molar-refractivity contribution in [2.75, 3.05) is 5.32 Å². The van der Waals surface area contributed by atoms with Crippen LogP contribution >= 0.6 is 51.3 Å². The molecule has 1 amide bonds. The van der Waals surface area contributed by atoms with Gasteiger partial charge in [0.15, 0.2) is 5.11 Å². The van der Waals surface area contributed by atoms with Crippen molar-refractivity contribution in [3.8, 4) is 0 Å². The Balaban J connectivity index is 2.06. The Morgan fingerprint density at radius 1 is 1.14 bits per heavy atom. The molecule has 0 atom stereocenters. The monoisotopic (exact) mass is 402 g/mol. The maximum absolute atomic E-state index is 12.1. The normalized spacial score (nSPS) is 10.0. The zero-order valence-electron chi connectivity index (χ0n) is 10.5. The van der Waals surface area contributed by atoms with Crippen molar-refractivity contribution < 1.29 is 4.79 Å². The molecule has 0 unspecified atom stereocenters.